The van der Waals surface area contributed by atoms with Gasteiger partial charge in [0.15, 0.2) is 6.61 Å². The quantitative estimate of drug-likeness (QED) is 0.667. The molecule has 5 nitrogen and oxygen atoms in total. The average Bonchev–Trinajstić information content (AvgIpc) is 2.63. The fourth-order valence-corrected chi connectivity index (χ4v) is 2.71. The van der Waals surface area contributed by atoms with E-state index in [1.54, 1.807) is 0 Å². The molecule has 0 bridgehead atoms. The van der Waals surface area contributed by atoms with E-state index in [4.69, 9.17) is 4.74 Å². The molecule has 0 aliphatic heterocycles. The number of aliphatic hydroxyl groups excluding tert-OH is 1. The van der Waals surface area contributed by atoms with Crippen LogP contribution in [-0.4, -0.2) is 29.2 Å². The first-order valence-electron chi connectivity index (χ1n) is 9.24. The zero-order valence-electron chi connectivity index (χ0n) is 16.5. The van der Waals surface area contributed by atoms with E-state index in [1.165, 1.54) is 0 Å². The zero-order chi connectivity index (χ0) is 19.9. The Bertz CT molecular complexity index is 726. The second kappa shape index (κ2) is 9.53. The van der Waals surface area contributed by atoms with Crippen molar-refractivity contribution >= 4 is 5.91 Å². The molecule has 2 aromatic rings. The van der Waals surface area contributed by atoms with Crippen molar-refractivity contribution in [1.29, 1.82) is 0 Å². The number of para-hydroxylation sites is 1. The van der Waals surface area contributed by atoms with Gasteiger partial charge in [0.25, 0.3) is 5.91 Å². The van der Waals surface area contributed by atoms with Gasteiger partial charge in [0, 0.05) is 23.7 Å². The molecule has 0 aliphatic carbocycles. The van der Waals surface area contributed by atoms with Crippen molar-refractivity contribution in [3.05, 3.63) is 65.7 Å². The first kappa shape index (κ1) is 20.9. The average molecular weight is 370 g/mol. The van der Waals surface area contributed by atoms with E-state index in [0.29, 0.717) is 12.3 Å². The molecule has 1 amide bonds. The number of rotatable bonds is 8. The minimum atomic E-state index is -0.600. The van der Waals surface area contributed by atoms with Crippen LogP contribution in [0.1, 0.15) is 44.9 Å². The molecular weight excluding hydrogens is 340 g/mol. The summed E-state index contributed by atoms with van der Waals surface area (Å²) in [6, 6.07) is 17.0. The standard InChI is InChI=1S/C22H30N2O3/c1-16(21(26)17-10-6-5-7-11-17)23-14-18-12-8-9-13-19(18)27-15-20(25)24-22(2,3)4/h5-13,16,21,23,26H,14-15H2,1-4H3,(H,24,25). The van der Waals surface area contributed by atoms with Crippen molar-refractivity contribution in [2.24, 2.45) is 0 Å². The third-order valence-electron chi connectivity index (χ3n) is 4.07. The molecule has 2 atom stereocenters. The normalized spacial score (nSPS) is 13.7. The Morgan fingerprint density at radius 3 is 2.37 bits per heavy atom. The second-order valence-electron chi connectivity index (χ2n) is 7.72. The highest BCUT2D eigenvalue weighted by molar-refractivity contribution is 5.78. The SMILES string of the molecule is CC(NCc1ccccc1OCC(=O)NC(C)(C)C)C(O)c1ccccc1. The summed E-state index contributed by atoms with van der Waals surface area (Å²) in [7, 11) is 0. The van der Waals surface area contributed by atoms with Crippen LogP contribution in [0.4, 0.5) is 0 Å². The number of carbonyl (C=O) groups is 1. The van der Waals surface area contributed by atoms with Gasteiger partial charge in [-0.25, -0.2) is 0 Å². The van der Waals surface area contributed by atoms with Crippen molar-refractivity contribution < 1.29 is 14.6 Å². The predicted molar refractivity (Wildman–Crippen MR) is 108 cm³/mol. The molecule has 0 saturated heterocycles. The number of aliphatic hydroxyl groups is 1. The van der Waals surface area contributed by atoms with E-state index in [1.807, 2.05) is 82.3 Å². The van der Waals surface area contributed by atoms with Gasteiger partial charge in [-0.3, -0.25) is 4.79 Å². The number of benzene rings is 2. The minimum Gasteiger partial charge on any atom is -0.483 e. The molecule has 0 heterocycles. The first-order chi connectivity index (χ1) is 12.8. The van der Waals surface area contributed by atoms with Crippen molar-refractivity contribution in [2.45, 2.75) is 51.9 Å². The van der Waals surface area contributed by atoms with Crippen LogP contribution in [0.15, 0.2) is 54.6 Å². The maximum Gasteiger partial charge on any atom is 0.258 e. The third-order valence-corrected chi connectivity index (χ3v) is 4.07. The van der Waals surface area contributed by atoms with Crippen molar-refractivity contribution in [3.63, 3.8) is 0 Å². The molecular formula is C22H30N2O3. The topological polar surface area (TPSA) is 70.6 Å². The fourth-order valence-electron chi connectivity index (χ4n) is 2.71. The summed E-state index contributed by atoms with van der Waals surface area (Å²) in [6.45, 7) is 8.24. The highest BCUT2D eigenvalue weighted by Gasteiger charge is 2.17. The van der Waals surface area contributed by atoms with Crippen LogP contribution in [0, 0.1) is 0 Å². The Kier molecular flexibility index (Phi) is 7.39. The smallest absolute Gasteiger partial charge is 0.258 e. The number of nitrogens with one attached hydrogen (secondary N) is 2. The molecule has 0 spiro atoms. The van der Waals surface area contributed by atoms with Gasteiger partial charge in [-0.2, -0.15) is 0 Å². The van der Waals surface area contributed by atoms with E-state index >= 15 is 0 Å². The second-order valence-corrected chi connectivity index (χ2v) is 7.72. The van der Waals surface area contributed by atoms with Gasteiger partial charge in [0.1, 0.15) is 5.75 Å². The molecule has 0 aromatic heterocycles. The van der Waals surface area contributed by atoms with Gasteiger partial charge in [-0.1, -0.05) is 48.5 Å². The summed E-state index contributed by atoms with van der Waals surface area (Å²) < 4.78 is 5.71. The van der Waals surface area contributed by atoms with E-state index in [-0.39, 0.29) is 24.1 Å². The molecule has 146 valence electrons. The summed E-state index contributed by atoms with van der Waals surface area (Å²) in [5.74, 6) is 0.508. The Labute approximate surface area is 161 Å². The van der Waals surface area contributed by atoms with Crippen LogP contribution >= 0.6 is 0 Å². The molecule has 0 aliphatic rings. The lowest BCUT2D eigenvalue weighted by molar-refractivity contribution is -0.124. The first-order valence-corrected chi connectivity index (χ1v) is 9.24. The van der Waals surface area contributed by atoms with Gasteiger partial charge in [0.05, 0.1) is 6.10 Å². The molecule has 0 radical (unpaired) electrons. The number of hydrogen-bond acceptors (Lipinski definition) is 4. The molecule has 3 N–H and O–H groups in total. The van der Waals surface area contributed by atoms with Crippen molar-refractivity contribution in [3.8, 4) is 5.75 Å². The maximum absolute atomic E-state index is 12.0. The Morgan fingerprint density at radius 2 is 1.70 bits per heavy atom. The summed E-state index contributed by atoms with van der Waals surface area (Å²) in [5.41, 5.74) is 1.53. The molecule has 2 rings (SSSR count). The molecule has 5 heteroatoms. The monoisotopic (exact) mass is 370 g/mol. The van der Waals surface area contributed by atoms with Gasteiger partial charge < -0.3 is 20.5 Å². The molecule has 0 fully saturated rings. The lowest BCUT2D eigenvalue weighted by Crippen LogP contribution is -2.43. The molecule has 0 saturated carbocycles. The van der Waals surface area contributed by atoms with Crippen LogP contribution in [0.5, 0.6) is 5.75 Å². The van der Waals surface area contributed by atoms with Gasteiger partial charge in [-0.05, 0) is 39.3 Å². The number of hydrogen-bond donors (Lipinski definition) is 3. The van der Waals surface area contributed by atoms with Crippen LogP contribution in [-0.2, 0) is 11.3 Å². The van der Waals surface area contributed by atoms with Crippen molar-refractivity contribution in [2.75, 3.05) is 6.61 Å². The summed E-state index contributed by atoms with van der Waals surface area (Å²) in [4.78, 5) is 12.0. The summed E-state index contributed by atoms with van der Waals surface area (Å²) >= 11 is 0. The lowest BCUT2D eigenvalue weighted by Gasteiger charge is -2.22. The Morgan fingerprint density at radius 1 is 1.07 bits per heavy atom. The van der Waals surface area contributed by atoms with Crippen LogP contribution < -0.4 is 15.4 Å². The minimum absolute atomic E-state index is 0.0313. The number of carbonyl (C=O) groups excluding carboxylic acids is 1. The Hall–Kier alpha value is -2.37. The molecule has 2 aromatic carbocycles. The summed E-state index contributed by atoms with van der Waals surface area (Å²) in [5, 5.41) is 16.7. The van der Waals surface area contributed by atoms with Crippen LogP contribution in [0.3, 0.4) is 0 Å². The largest absolute Gasteiger partial charge is 0.483 e. The van der Waals surface area contributed by atoms with Crippen LogP contribution in [0.25, 0.3) is 0 Å². The summed E-state index contributed by atoms with van der Waals surface area (Å²) in [6.07, 6.45) is -0.600. The lowest BCUT2D eigenvalue weighted by atomic mass is 10.0. The zero-order valence-corrected chi connectivity index (χ0v) is 16.5. The fraction of sp³-hybridized carbons (Fsp3) is 0.409. The van der Waals surface area contributed by atoms with E-state index in [0.717, 1.165) is 11.1 Å². The number of amides is 1. The maximum atomic E-state index is 12.0. The predicted octanol–water partition coefficient (Wildman–Crippen LogP) is 3.19. The van der Waals surface area contributed by atoms with E-state index < -0.39 is 6.10 Å². The highest BCUT2D eigenvalue weighted by atomic mass is 16.5. The third kappa shape index (κ3) is 7.04. The van der Waals surface area contributed by atoms with E-state index in [9.17, 15) is 9.90 Å². The van der Waals surface area contributed by atoms with Gasteiger partial charge in [-0.15, -0.1) is 0 Å². The number of ether oxygens (including phenoxy) is 1. The van der Waals surface area contributed by atoms with Crippen molar-refractivity contribution in [1.82, 2.24) is 10.6 Å². The molecule has 2 unspecified atom stereocenters. The molecule has 27 heavy (non-hydrogen) atoms. The van der Waals surface area contributed by atoms with E-state index in [2.05, 4.69) is 10.6 Å². The van der Waals surface area contributed by atoms with Gasteiger partial charge in [0.2, 0.25) is 0 Å². The highest BCUT2D eigenvalue weighted by Crippen LogP contribution is 2.20. The van der Waals surface area contributed by atoms with Crippen LogP contribution in [0.2, 0.25) is 0 Å². The Balaban J connectivity index is 1.92. The van der Waals surface area contributed by atoms with Gasteiger partial charge >= 0.3 is 0 Å².